The van der Waals surface area contributed by atoms with Gasteiger partial charge in [0.25, 0.3) is 0 Å². The number of likely N-dealkylation sites (tertiary alicyclic amines) is 1. The van der Waals surface area contributed by atoms with Gasteiger partial charge in [-0.05, 0) is 39.5 Å². The molecule has 0 saturated carbocycles. The van der Waals surface area contributed by atoms with E-state index in [1.165, 1.54) is 32.1 Å². The zero-order chi connectivity index (χ0) is 17.6. The molecule has 1 saturated heterocycles. The SMILES string of the molecule is CN=C(NCc1nnc2n1CCCCC2)NC1CCN(C(C)C)CC1. The van der Waals surface area contributed by atoms with E-state index in [2.05, 4.69) is 49.1 Å². The molecule has 1 fully saturated rings. The molecule has 0 aliphatic carbocycles. The Morgan fingerprint density at radius 3 is 2.68 bits per heavy atom. The van der Waals surface area contributed by atoms with Crippen molar-refractivity contribution >= 4 is 5.96 Å². The molecular formula is C18H33N7. The first kappa shape index (κ1) is 18.2. The van der Waals surface area contributed by atoms with Crippen LogP contribution in [0.2, 0.25) is 0 Å². The summed E-state index contributed by atoms with van der Waals surface area (Å²) in [5.74, 6) is 3.03. The topological polar surface area (TPSA) is 70.4 Å². The van der Waals surface area contributed by atoms with Crippen LogP contribution < -0.4 is 10.6 Å². The summed E-state index contributed by atoms with van der Waals surface area (Å²) < 4.78 is 2.29. The molecule has 25 heavy (non-hydrogen) atoms. The minimum absolute atomic E-state index is 0.497. The number of hydrogen-bond acceptors (Lipinski definition) is 4. The monoisotopic (exact) mass is 347 g/mol. The van der Waals surface area contributed by atoms with Crippen LogP contribution in [0.5, 0.6) is 0 Å². The highest BCUT2D eigenvalue weighted by Gasteiger charge is 2.21. The molecule has 0 atom stereocenters. The Morgan fingerprint density at radius 2 is 1.96 bits per heavy atom. The molecule has 140 valence electrons. The number of rotatable bonds is 4. The fourth-order valence-corrected chi connectivity index (χ4v) is 3.79. The Morgan fingerprint density at radius 1 is 1.16 bits per heavy atom. The molecule has 7 nitrogen and oxygen atoms in total. The summed E-state index contributed by atoms with van der Waals surface area (Å²) in [6.07, 6.45) is 7.12. The van der Waals surface area contributed by atoms with Crippen molar-refractivity contribution in [3.8, 4) is 0 Å². The van der Waals surface area contributed by atoms with Gasteiger partial charge in [0.05, 0.1) is 6.54 Å². The lowest BCUT2D eigenvalue weighted by Crippen LogP contribution is -2.49. The van der Waals surface area contributed by atoms with Crippen molar-refractivity contribution in [3.05, 3.63) is 11.6 Å². The van der Waals surface area contributed by atoms with Crippen molar-refractivity contribution in [3.63, 3.8) is 0 Å². The van der Waals surface area contributed by atoms with E-state index >= 15 is 0 Å². The number of aliphatic imine (C=N–C) groups is 1. The highest BCUT2D eigenvalue weighted by Crippen LogP contribution is 2.15. The molecule has 0 unspecified atom stereocenters. The highest BCUT2D eigenvalue weighted by molar-refractivity contribution is 5.79. The largest absolute Gasteiger partial charge is 0.354 e. The first-order valence-corrected chi connectivity index (χ1v) is 9.79. The van der Waals surface area contributed by atoms with Crippen LogP contribution in [0.25, 0.3) is 0 Å². The van der Waals surface area contributed by atoms with E-state index in [4.69, 9.17) is 0 Å². The van der Waals surface area contributed by atoms with Gasteiger partial charge in [0.1, 0.15) is 5.82 Å². The molecule has 1 aromatic rings. The van der Waals surface area contributed by atoms with Crippen molar-refractivity contribution in [1.82, 2.24) is 30.3 Å². The summed E-state index contributed by atoms with van der Waals surface area (Å²) in [6, 6.07) is 1.14. The molecule has 7 heteroatoms. The lowest BCUT2D eigenvalue weighted by atomic mass is 10.0. The number of guanidine groups is 1. The minimum Gasteiger partial charge on any atom is -0.354 e. The maximum absolute atomic E-state index is 4.39. The Labute approximate surface area is 151 Å². The van der Waals surface area contributed by atoms with Crippen LogP contribution in [-0.2, 0) is 19.5 Å². The van der Waals surface area contributed by atoms with Gasteiger partial charge in [0, 0.05) is 45.2 Å². The van der Waals surface area contributed by atoms with E-state index in [0.717, 1.165) is 43.7 Å². The third kappa shape index (κ3) is 4.71. The lowest BCUT2D eigenvalue weighted by molar-refractivity contribution is 0.167. The third-order valence-electron chi connectivity index (χ3n) is 5.42. The molecular weight excluding hydrogens is 314 g/mol. The lowest BCUT2D eigenvalue weighted by Gasteiger charge is -2.35. The Balaban J connectivity index is 1.50. The summed E-state index contributed by atoms with van der Waals surface area (Å²) >= 11 is 0. The number of fused-ring (bicyclic) bond motifs is 1. The van der Waals surface area contributed by atoms with E-state index in [1.54, 1.807) is 0 Å². The predicted octanol–water partition coefficient (Wildman–Crippen LogP) is 1.54. The summed E-state index contributed by atoms with van der Waals surface area (Å²) in [6.45, 7) is 8.58. The molecule has 0 amide bonds. The van der Waals surface area contributed by atoms with Crippen LogP contribution in [0.4, 0.5) is 0 Å². The van der Waals surface area contributed by atoms with Crippen LogP contribution in [0.3, 0.4) is 0 Å². The second-order valence-corrected chi connectivity index (χ2v) is 7.47. The van der Waals surface area contributed by atoms with E-state index in [-0.39, 0.29) is 0 Å². The standard InChI is InChI=1S/C18H33N7/c1-14(2)24-11-8-15(9-12-24)21-18(19-3)20-13-17-23-22-16-7-5-4-6-10-25(16)17/h14-15H,4-13H2,1-3H3,(H2,19,20,21). The van der Waals surface area contributed by atoms with Gasteiger partial charge < -0.3 is 20.1 Å². The van der Waals surface area contributed by atoms with Gasteiger partial charge in [-0.2, -0.15) is 0 Å². The van der Waals surface area contributed by atoms with Crippen molar-refractivity contribution in [2.45, 2.75) is 77.5 Å². The van der Waals surface area contributed by atoms with Crippen LogP contribution in [-0.4, -0.2) is 57.8 Å². The smallest absolute Gasteiger partial charge is 0.191 e. The molecule has 2 aliphatic rings. The van der Waals surface area contributed by atoms with E-state index < -0.39 is 0 Å². The Hall–Kier alpha value is -1.63. The van der Waals surface area contributed by atoms with Crippen molar-refractivity contribution in [1.29, 1.82) is 0 Å². The molecule has 2 N–H and O–H groups in total. The number of nitrogens with one attached hydrogen (secondary N) is 2. The van der Waals surface area contributed by atoms with Gasteiger partial charge >= 0.3 is 0 Å². The number of hydrogen-bond donors (Lipinski definition) is 2. The quantitative estimate of drug-likeness (QED) is 0.639. The summed E-state index contributed by atoms with van der Waals surface area (Å²) in [7, 11) is 1.84. The summed E-state index contributed by atoms with van der Waals surface area (Å²) in [4.78, 5) is 6.93. The summed E-state index contributed by atoms with van der Waals surface area (Å²) in [5, 5.41) is 15.8. The number of aromatic nitrogens is 3. The normalized spacial score (nSPS) is 20.4. The van der Waals surface area contributed by atoms with E-state index in [9.17, 15) is 0 Å². The Bertz CT molecular complexity index is 570. The molecule has 2 aliphatic heterocycles. The predicted molar refractivity (Wildman–Crippen MR) is 101 cm³/mol. The van der Waals surface area contributed by atoms with Gasteiger partial charge in [-0.3, -0.25) is 4.99 Å². The van der Waals surface area contributed by atoms with Gasteiger partial charge in [0.2, 0.25) is 0 Å². The Kier molecular flexibility index (Phi) is 6.29. The number of piperidine rings is 1. The van der Waals surface area contributed by atoms with Gasteiger partial charge in [-0.25, -0.2) is 0 Å². The fraction of sp³-hybridized carbons (Fsp3) is 0.833. The molecule has 1 aromatic heterocycles. The van der Waals surface area contributed by atoms with E-state index in [1.807, 2.05) is 7.05 Å². The molecule has 0 spiro atoms. The van der Waals surface area contributed by atoms with Crippen LogP contribution in [0.15, 0.2) is 4.99 Å². The van der Waals surface area contributed by atoms with Crippen molar-refractivity contribution in [2.24, 2.45) is 4.99 Å². The second kappa shape index (κ2) is 8.65. The second-order valence-electron chi connectivity index (χ2n) is 7.47. The van der Waals surface area contributed by atoms with Gasteiger partial charge in [0.15, 0.2) is 11.8 Å². The van der Waals surface area contributed by atoms with Gasteiger partial charge in [-0.15, -0.1) is 10.2 Å². The number of aryl methyl sites for hydroxylation is 1. The first-order valence-electron chi connectivity index (χ1n) is 9.79. The first-order chi connectivity index (χ1) is 12.2. The summed E-state index contributed by atoms with van der Waals surface area (Å²) in [5.41, 5.74) is 0. The molecule has 0 aromatic carbocycles. The van der Waals surface area contributed by atoms with E-state index in [0.29, 0.717) is 18.6 Å². The zero-order valence-corrected chi connectivity index (χ0v) is 16.0. The van der Waals surface area contributed by atoms with Gasteiger partial charge in [-0.1, -0.05) is 6.42 Å². The highest BCUT2D eigenvalue weighted by atomic mass is 15.3. The molecule has 0 bridgehead atoms. The average Bonchev–Trinajstić information content (AvgIpc) is 2.85. The molecule has 3 rings (SSSR count). The minimum atomic E-state index is 0.497. The van der Waals surface area contributed by atoms with Crippen molar-refractivity contribution in [2.75, 3.05) is 20.1 Å². The third-order valence-corrected chi connectivity index (χ3v) is 5.42. The zero-order valence-electron chi connectivity index (χ0n) is 16.0. The average molecular weight is 348 g/mol. The maximum atomic E-state index is 4.39. The molecule has 3 heterocycles. The van der Waals surface area contributed by atoms with Crippen LogP contribution in [0, 0.1) is 0 Å². The number of nitrogens with zero attached hydrogens (tertiary/aromatic N) is 5. The van der Waals surface area contributed by atoms with Crippen LogP contribution in [0.1, 0.15) is 57.6 Å². The fourth-order valence-electron chi connectivity index (χ4n) is 3.79. The molecule has 0 radical (unpaired) electrons. The maximum Gasteiger partial charge on any atom is 0.191 e. The van der Waals surface area contributed by atoms with Crippen LogP contribution >= 0.6 is 0 Å². The van der Waals surface area contributed by atoms with Crippen molar-refractivity contribution < 1.29 is 0 Å².